The number of thioether (sulfide) groups is 2. The van der Waals surface area contributed by atoms with Gasteiger partial charge in [0.15, 0.2) is 6.29 Å². The monoisotopic (exact) mass is 440 g/mol. The van der Waals surface area contributed by atoms with E-state index in [1.165, 1.54) is 0 Å². The van der Waals surface area contributed by atoms with Gasteiger partial charge in [0, 0.05) is 16.7 Å². The first-order chi connectivity index (χ1) is 14.5. The highest BCUT2D eigenvalue weighted by Crippen LogP contribution is 2.51. The number of hydrogen-bond donors (Lipinski definition) is 0. The second-order valence-corrected chi connectivity index (χ2v) is 8.39. The molecule has 0 fully saturated rings. The molecule has 0 saturated carbocycles. The summed E-state index contributed by atoms with van der Waals surface area (Å²) in [5, 5.41) is 0. The standard InChI is InChI=1S/C23H20O5S2/c1-5-9-27-22(25)20-21(23(26)28-10-6-2)30-19(29-20)13-17-11-16(8-4)18(14-24)12-15(17)7-3/h3-4,11-14H,5-6,9-10H2,1-2H3. The number of carbonyl (C=O) groups excluding carboxylic acids is 3. The van der Waals surface area contributed by atoms with Crippen molar-refractivity contribution in [2.45, 2.75) is 26.7 Å². The summed E-state index contributed by atoms with van der Waals surface area (Å²) in [6.45, 7) is 4.27. The van der Waals surface area contributed by atoms with E-state index >= 15 is 0 Å². The summed E-state index contributed by atoms with van der Waals surface area (Å²) in [6.07, 6.45) is 14.8. The summed E-state index contributed by atoms with van der Waals surface area (Å²) in [5.74, 6) is 3.85. The van der Waals surface area contributed by atoms with Crippen molar-refractivity contribution in [2.24, 2.45) is 0 Å². The molecule has 0 atom stereocenters. The number of esters is 2. The van der Waals surface area contributed by atoms with Crippen LogP contribution in [0.25, 0.3) is 6.08 Å². The van der Waals surface area contributed by atoms with Crippen LogP contribution in [0.15, 0.2) is 26.2 Å². The van der Waals surface area contributed by atoms with Crippen LogP contribution in [0.4, 0.5) is 0 Å². The van der Waals surface area contributed by atoms with Gasteiger partial charge < -0.3 is 9.47 Å². The topological polar surface area (TPSA) is 69.7 Å². The first-order valence-electron chi connectivity index (χ1n) is 9.21. The van der Waals surface area contributed by atoms with Crippen LogP contribution < -0.4 is 0 Å². The Bertz CT molecular complexity index is 972. The second-order valence-electron chi connectivity index (χ2n) is 6.03. The van der Waals surface area contributed by atoms with Crippen LogP contribution in [-0.2, 0) is 19.1 Å². The number of aldehydes is 1. The maximum absolute atomic E-state index is 12.5. The Labute approximate surface area is 184 Å². The van der Waals surface area contributed by atoms with Crippen LogP contribution in [-0.4, -0.2) is 31.4 Å². The third-order valence-corrected chi connectivity index (χ3v) is 6.21. The summed E-state index contributed by atoms with van der Waals surface area (Å²) in [7, 11) is 0. The van der Waals surface area contributed by atoms with Crippen LogP contribution in [0.5, 0.6) is 0 Å². The zero-order valence-corrected chi connectivity index (χ0v) is 18.3. The van der Waals surface area contributed by atoms with Gasteiger partial charge in [-0.2, -0.15) is 0 Å². The van der Waals surface area contributed by atoms with E-state index in [9.17, 15) is 14.4 Å². The van der Waals surface area contributed by atoms with Gasteiger partial charge in [-0.3, -0.25) is 4.79 Å². The molecule has 1 aromatic rings. The molecule has 30 heavy (non-hydrogen) atoms. The summed E-state index contributed by atoms with van der Waals surface area (Å²) >= 11 is 2.23. The van der Waals surface area contributed by atoms with Crippen LogP contribution in [0.2, 0.25) is 0 Å². The van der Waals surface area contributed by atoms with Crippen molar-refractivity contribution in [3.63, 3.8) is 0 Å². The highest BCUT2D eigenvalue weighted by Gasteiger charge is 2.33. The molecule has 2 rings (SSSR count). The first-order valence-corrected chi connectivity index (χ1v) is 10.8. The maximum atomic E-state index is 12.5. The van der Waals surface area contributed by atoms with Crippen LogP contribution in [0.3, 0.4) is 0 Å². The van der Waals surface area contributed by atoms with E-state index in [-0.39, 0.29) is 23.0 Å². The number of benzene rings is 1. The third-order valence-electron chi connectivity index (χ3n) is 3.79. The van der Waals surface area contributed by atoms with E-state index < -0.39 is 11.9 Å². The van der Waals surface area contributed by atoms with Crippen molar-refractivity contribution < 1.29 is 23.9 Å². The molecule has 1 aliphatic rings. The second kappa shape index (κ2) is 11.3. The normalized spacial score (nSPS) is 12.7. The molecule has 0 radical (unpaired) electrons. The van der Waals surface area contributed by atoms with Crippen LogP contribution >= 0.6 is 23.5 Å². The van der Waals surface area contributed by atoms with E-state index in [4.69, 9.17) is 22.3 Å². The highest BCUT2D eigenvalue weighted by atomic mass is 32.2. The van der Waals surface area contributed by atoms with Crippen LogP contribution in [0, 0.1) is 24.7 Å². The fraction of sp³-hybridized carbons (Fsp3) is 0.261. The molecular formula is C23H20O5S2. The van der Waals surface area contributed by atoms with Gasteiger partial charge in [-0.15, -0.1) is 12.8 Å². The van der Waals surface area contributed by atoms with E-state index in [1.54, 1.807) is 18.2 Å². The summed E-state index contributed by atoms with van der Waals surface area (Å²) in [4.78, 5) is 36.5. The van der Waals surface area contributed by atoms with Crippen molar-refractivity contribution in [1.29, 1.82) is 0 Å². The molecule has 0 saturated heterocycles. The van der Waals surface area contributed by atoms with Crippen molar-refractivity contribution in [2.75, 3.05) is 13.2 Å². The first kappa shape index (κ1) is 23.4. The highest BCUT2D eigenvalue weighted by molar-refractivity contribution is 8.29. The van der Waals surface area contributed by atoms with Gasteiger partial charge in [0.1, 0.15) is 9.81 Å². The molecule has 0 N–H and O–H groups in total. The average molecular weight is 441 g/mol. The lowest BCUT2D eigenvalue weighted by molar-refractivity contribution is -0.141. The SMILES string of the molecule is C#Cc1cc(C=C2SC(C(=O)OCCC)=C(C(=O)OCCC)S2)c(C#C)cc1C=O. The zero-order chi connectivity index (χ0) is 22.1. The molecule has 1 heterocycles. The lowest BCUT2D eigenvalue weighted by Crippen LogP contribution is -2.12. The van der Waals surface area contributed by atoms with Crippen molar-refractivity contribution in [1.82, 2.24) is 0 Å². The largest absolute Gasteiger partial charge is 0.462 e. The molecule has 0 unspecified atom stereocenters. The Hall–Kier alpha value is -2.87. The van der Waals surface area contributed by atoms with Gasteiger partial charge in [-0.05, 0) is 36.6 Å². The van der Waals surface area contributed by atoms with Gasteiger partial charge in [-0.1, -0.05) is 49.2 Å². The number of carbonyl (C=O) groups is 3. The molecule has 0 aliphatic carbocycles. The van der Waals surface area contributed by atoms with E-state index in [2.05, 4.69) is 11.8 Å². The molecule has 1 aliphatic heterocycles. The van der Waals surface area contributed by atoms with Crippen LogP contribution in [0.1, 0.15) is 53.7 Å². The van der Waals surface area contributed by atoms with E-state index in [1.807, 2.05) is 13.8 Å². The Kier molecular flexibility index (Phi) is 8.86. The molecule has 0 spiro atoms. The number of rotatable bonds is 8. The smallest absolute Gasteiger partial charge is 0.346 e. The maximum Gasteiger partial charge on any atom is 0.346 e. The van der Waals surface area contributed by atoms with Gasteiger partial charge >= 0.3 is 11.9 Å². The molecule has 154 valence electrons. The predicted octanol–water partition coefficient (Wildman–Crippen LogP) is 4.36. The Balaban J connectivity index is 2.41. The number of terminal acetylenes is 2. The van der Waals surface area contributed by atoms with Crippen molar-refractivity contribution >= 4 is 47.8 Å². The van der Waals surface area contributed by atoms with Crippen molar-refractivity contribution in [3.8, 4) is 24.7 Å². The minimum absolute atomic E-state index is 0.185. The quantitative estimate of drug-likeness (QED) is 0.338. The molecule has 5 nitrogen and oxygen atoms in total. The van der Waals surface area contributed by atoms with E-state index in [0.29, 0.717) is 45.6 Å². The molecule has 0 aromatic heterocycles. The molecule has 1 aromatic carbocycles. The number of ether oxygens (including phenoxy) is 2. The third kappa shape index (κ3) is 5.60. The van der Waals surface area contributed by atoms with Gasteiger partial charge in [-0.25, -0.2) is 9.59 Å². The molecular weight excluding hydrogens is 420 g/mol. The number of hydrogen-bond acceptors (Lipinski definition) is 7. The van der Waals surface area contributed by atoms with Crippen molar-refractivity contribution in [3.05, 3.63) is 48.4 Å². The Morgan fingerprint density at radius 3 is 1.83 bits per heavy atom. The predicted molar refractivity (Wildman–Crippen MR) is 120 cm³/mol. The fourth-order valence-corrected chi connectivity index (χ4v) is 4.72. The minimum atomic E-state index is -0.570. The molecule has 0 amide bonds. The average Bonchev–Trinajstić information content (AvgIpc) is 3.19. The molecule has 7 heteroatoms. The fourth-order valence-electron chi connectivity index (χ4n) is 2.39. The Morgan fingerprint density at radius 1 is 0.933 bits per heavy atom. The van der Waals surface area contributed by atoms with Gasteiger partial charge in [0.2, 0.25) is 0 Å². The van der Waals surface area contributed by atoms with E-state index in [0.717, 1.165) is 23.5 Å². The summed E-state index contributed by atoms with van der Waals surface area (Å²) in [5.41, 5.74) is 1.81. The lowest BCUT2D eigenvalue weighted by Gasteiger charge is -2.05. The summed E-state index contributed by atoms with van der Waals surface area (Å²) in [6, 6.07) is 3.18. The Morgan fingerprint density at radius 2 is 1.40 bits per heavy atom. The van der Waals surface area contributed by atoms with Gasteiger partial charge in [0.05, 0.1) is 17.5 Å². The summed E-state index contributed by atoms with van der Waals surface area (Å²) < 4.78 is 11.1. The lowest BCUT2D eigenvalue weighted by atomic mass is 9.99. The van der Waals surface area contributed by atoms with Gasteiger partial charge in [0.25, 0.3) is 0 Å². The zero-order valence-electron chi connectivity index (χ0n) is 16.7. The minimum Gasteiger partial charge on any atom is -0.462 e. The molecule has 0 bridgehead atoms.